The van der Waals surface area contributed by atoms with E-state index in [9.17, 15) is 10.1 Å². The van der Waals surface area contributed by atoms with Crippen molar-refractivity contribution >= 4 is 5.91 Å². The van der Waals surface area contributed by atoms with Crippen LogP contribution in [0.1, 0.15) is 26.2 Å². The predicted octanol–water partition coefficient (Wildman–Crippen LogP) is 0.859. The van der Waals surface area contributed by atoms with Gasteiger partial charge in [0.15, 0.2) is 0 Å². The van der Waals surface area contributed by atoms with Gasteiger partial charge in [0.25, 0.3) is 0 Å². The highest BCUT2D eigenvalue weighted by atomic mass is 16.5. The molecule has 0 N–H and O–H groups in total. The fourth-order valence-electron chi connectivity index (χ4n) is 3.71. The molecule has 3 aliphatic rings. The van der Waals surface area contributed by atoms with Crippen molar-refractivity contribution in [3.8, 4) is 6.07 Å². The van der Waals surface area contributed by atoms with Crippen molar-refractivity contribution in [2.24, 2.45) is 11.3 Å². The Labute approximate surface area is 120 Å². The van der Waals surface area contributed by atoms with Crippen LogP contribution >= 0.6 is 0 Å². The molecule has 20 heavy (non-hydrogen) atoms. The Kier molecular flexibility index (Phi) is 3.70. The van der Waals surface area contributed by atoms with Crippen LogP contribution in [0, 0.1) is 22.7 Å². The molecule has 1 aliphatic carbocycles. The van der Waals surface area contributed by atoms with Crippen molar-refractivity contribution < 1.29 is 9.53 Å². The summed E-state index contributed by atoms with van der Waals surface area (Å²) in [6.07, 6.45) is 2.50. The Bertz CT molecular complexity index is 421. The van der Waals surface area contributed by atoms with Gasteiger partial charge in [0.1, 0.15) is 5.41 Å². The van der Waals surface area contributed by atoms with E-state index >= 15 is 0 Å². The summed E-state index contributed by atoms with van der Waals surface area (Å²) >= 11 is 0. The summed E-state index contributed by atoms with van der Waals surface area (Å²) in [5.41, 5.74) is -0.695. The number of morpholine rings is 1. The smallest absolute Gasteiger partial charge is 0.243 e. The summed E-state index contributed by atoms with van der Waals surface area (Å²) in [5.74, 6) is 0.557. The maximum atomic E-state index is 12.6. The predicted molar refractivity (Wildman–Crippen MR) is 73.8 cm³/mol. The van der Waals surface area contributed by atoms with E-state index in [-0.39, 0.29) is 5.91 Å². The third kappa shape index (κ3) is 2.21. The highest BCUT2D eigenvalue weighted by Gasteiger charge is 2.49. The first-order valence-electron chi connectivity index (χ1n) is 7.69. The first kappa shape index (κ1) is 13.8. The molecule has 1 saturated carbocycles. The molecular formula is C15H23N3O2. The van der Waals surface area contributed by atoms with Gasteiger partial charge in [-0.25, -0.2) is 0 Å². The maximum Gasteiger partial charge on any atom is 0.243 e. The number of ether oxygens (including phenoxy) is 1. The molecule has 2 atom stereocenters. The number of rotatable bonds is 2. The van der Waals surface area contributed by atoms with Crippen molar-refractivity contribution in [3.63, 3.8) is 0 Å². The van der Waals surface area contributed by atoms with Gasteiger partial charge in [-0.3, -0.25) is 9.69 Å². The largest absolute Gasteiger partial charge is 0.379 e. The van der Waals surface area contributed by atoms with E-state index < -0.39 is 5.41 Å². The van der Waals surface area contributed by atoms with E-state index in [1.165, 1.54) is 0 Å². The summed E-state index contributed by atoms with van der Waals surface area (Å²) in [5, 5.41) is 9.32. The van der Waals surface area contributed by atoms with E-state index in [2.05, 4.69) is 17.9 Å². The van der Waals surface area contributed by atoms with E-state index in [0.29, 0.717) is 12.0 Å². The van der Waals surface area contributed by atoms with Crippen molar-refractivity contribution in [1.82, 2.24) is 9.80 Å². The molecule has 2 saturated heterocycles. The second-order valence-electron chi connectivity index (χ2n) is 6.45. The third-order valence-corrected chi connectivity index (χ3v) is 5.21. The summed E-state index contributed by atoms with van der Waals surface area (Å²) in [6, 6.07) is 2.71. The average molecular weight is 277 g/mol. The quantitative estimate of drug-likeness (QED) is 0.751. The van der Waals surface area contributed by atoms with Crippen LogP contribution in [-0.4, -0.2) is 61.1 Å². The minimum atomic E-state index is -0.695. The molecule has 5 nitrogen and oxygen atoms in total. The van der Waals surface area contributed by atoms with Crippen molar-refractivity contribution in [3.05, 3.63) is 0 Å². The van der Waals surface area contributed by atoms with Crippen LogP contribution in [0.25, 0.3) is 0 Å². The third-order valence-electron chi connectivity index (χ3n) is 5.21. The van der Waals surface area contributed by atoms with Gasteiger partial charge in [0.05, 0.1) is 19.3 Å². The van der Waals surface area contributed by atoms with Crippen LogP contribution in [0.15, 0.2) is 0 Å². The monoisotopic (exact) mass is 277 g/mol. The number of nitriles is 1. The Hall–Kier alpha value is -1.12. The average Bonchev–Trinajstić information content (AvgIpc) is 2.81. The first-order valence-corrected chi connectivity index (χ1v) is 7.69. The molecule has 3 rings (SSSR count). The molecule has 2 aliphatic heterocycles. The number of carbonyl (C=O) groups excluding carboxylic acids is 1. The zero-order valence-electron chi connectivity index (χ0n) is 12.2. The summed E-state index contributed by atoms with van der Waals surface area (Å²) in [6.45, 7) is 7.29. The molecule has 2 unspecified atom stereocenters. The van der Waals surface area contributed by atoms with Crippen LogP contribution in [0.4, 0.5) is 0 Å². The molecule has 1 amide bonds. The normalized spacial score (nSPS) is 33.5. The molecule has 0 aromatic rings. The molecule has 2 heterocycles. The van der Waals surface area contributed by atoms with Gasteiger partial charge in [-0.15, -0.1) is 0 Å². The van der Waals surface area contributed by atoms with E-state index in [1.807, 2.05) is 4.90 Å². The fourth-order valence-corrected chi connectivity index (χ4v) is 3.71. The summed E-state index contributed by atoms with van der Waals surface area (Å²) in [4.78, 5) is 17.0. The number of likely N-dealkylation sites (tertiary alicyclic amines) is 1. The van der Waals surface area contributed by atoms with Crippen molar-refractivity contribution in [2.75, 3.05) is 39.4 Å². The Balaban J connectivity index is 1.65. The van der Waals surface area contributed by atoms with E-state index in [4.69, 9.17) is 4.74 Å². The summed E-state index contributed by atoms with van der Waals surface area (Å²) in [7, 11) is 0. The summed E-state index contributed by atoms with van der Waals surface area (Å²) < 4.78 is 5.40. The minimum absolute atomic E-state index is 0.0776. The SMILES string of the molecule is CC1CN(C(=O)C2(C#N)CCC2)CC1N1CCOCC1. The van der Waals surface area contributed by atoms with Crippen molar-refractivity contribution in [1.29, 1.82) is 5.26 Å². The van der Waals surface area contributed by atoms with E-state index in [0.717, 1.165) is 58.7 Å². The Morgan fingerprint density at radius 1 is 1.30 bits per heavy atom. The van der Waals surface area contributed by atoms with Crippen LogP contribution in [-0.2, 0) is 9.53 Å². The number of nitrogens with zero attached hydrogens (tertiary/aromatic N) is 3. The second-order valence-corrected chi connectivity index (χ2v) is 6.45. The van der Waals surface area contributed by atoms with Gasteiger partial charge in [0, 0.05) is 32.2 Å². The lowest BCUT2D eigenvalue weighted by Crippen LogP contribution is -2.49. The van der Waals surface area contributed by atoms with Gasteiger partial charge in [-0.1, -0.05) is 6.92 Å². The number of amides is 1. The molecule has 0 radical (unpaired) electrons. The highest BCUT2D eigenvalue weighted by molar-refractivity contribution is 5.86. The highest BCUT2D eigenvalue weighted by Crippen LogP contribution is 2.43. The lowest BCUT2D eigenvalue weighted by atomic mass is 9.69. The van der Waals surface area contributed by atoms with Crippen molar-refractivity contribution in [2.45, 2.75) is 32.2 Å². The topological polar surface area (TPSA) is 56.6 Å². The van der Waals surface area contributed by atoms with Gasteiger partial charge in [-0.05, 0) is 25.2 Å². The van der Waals surface area contributed by atoms with Crippen LogP contribution in [0.3, 0.4) is 0 Å². The zero-order chi connectivity index (χ0) is 14.2. The minimum Gasteiger partial charge on any atom is -0.379 e. The van der Waals surface area contributed by atoms with Gasteiger partial charge < -0.3 is 9.64 Å². The molecule has 110 valence electrons. The van der Waals surface area contributed by atoms with Crippen LogP contribution in [0.2, 0.25) is 0 Å². The molecule has 5 heteroatoms. The molecule has 0 aromatic heterocycles. The molecule has 0 bridgehead atoms. The Morgan fingerprint density at radius 2 is 2.00 bits per heavy atom. The van der Waals surface area contributed by atoms with Crippen LogP contribution < -0.4 is 0 Å². The first-order chi connectivity index (χ1) is 9.66. The second kappa shape index (κ2) is 5.34. The lowest BCUT2D eigenvalue weighted by molar-refractivity contribution is -0.142. The maximum absolute atomic E-state index is 12.6. The van der Waals surface area contributed by atoms with Gasteiger partial charge >= 0.3 is 0 Å². The number of hydrogen-bond donors (Lipinski definition) is 0. The zero-order valence-corrected chi connectivity index (χ0v) is 12.2. The molecule has 0 spiro atoms. The standard InChI is InChI=1S/C15H23N3O2/c1-12-9-18(14(19)15(11-16)3-2-4-15)10-13(12)17-5-7-20-8-6-17/h12-13H,2-10H2,1H3. The molecular weight excluding hydrogens is 254 g/mol. The molecule has 0 aromatic carbocycles. The number of carbonyl (C=O) groups is 1. The van der Waals surface area contributed by atoms with Gasteiger partial charge in [-0.2, -0.15) is 5.26 Å². The fraction of sp³-hybridized carbons (Fsp3) is 0.867. The molecule has 3 fully saturated rings. The Morgan fingerprint density at radius 3 is 2.55 bits per heavy atom. The van der Waals surface area contributed by atoms with E-state index in [1.54, 1.807) is 0 Å². The van der Waals surface area contributed by atoms with Crippen LogP contribution in [0.5, 0.6) is 0 Å². The lowest BCUT2D eigenvalue weighted by Gasteiger charge is -2.37. The number of hydrogen-bond acceptors (Lipinski definition) is 4. The van der Waals surface area contributed by atoms with Gasteiger partial charge in [0.2, 0.25) is 5.91 Å².